The Labute approximate surface area is 126 Å². The number of ketones is 1. The number of rotatable bonds is 10. The van der Waals surface area contributed by atoms with E-state index in [1.165, 1.54) is 6.92 Å². The number of aliphatic hydroxyl groups excluding tert-OH is 1. The fourth-order valence-corrected chi connectivity index (χ4v) is 1.92. The molecule has 0 saturated carbocycles. The zero-order valence-corrected chi connectivity index (χ0v) is 12.5. The Balaban J connectivity index is 2.44. The molecule has 114 valence electrons. The first-order valence-corrected chi connectivity index (χ1v) is 6.92. The molecule has 1 aromatic carbocycles. The second kappa shape index (κ2) is 9.10. The van der Waals surface area contributed by atoms with Crippen LogP contribution < -0.4 is 4.74 Å². The molecule has 1 atom stereocenters. The highest BCUT2D eigenvalue weighted by atomic mass is 16.5. The first-order chi connectivity index (χ1) is 10.1. The highest BCUT2D eigenvalue weighted by Crippen LogP contribution is 2.13. The first kappa shape index (κ1) is 17.1. The maximum Gasteiger partial charge on any atom is 0.159 e. The van der Waals surface area contributed by atoms with Crippen LogP contribution in [0, 0.1) is 0 Å². The van der Waals surface area contributed by atoms with Gasteiger partial charge in [0, 0.05) is 25.2 Å². The summed E-state index contributed by atoms with van der Waals surface area (Å²) >= 11 is 0. The molecule has 0 heterocycles. The second-order valence-corrected chi connectivity index (χ2v) is 4.84. The molecule has 0 spiro atoms. The minimum Gasteiger partial charge on any atom is -0.491 e. The lowest BCUT2D eigenvalue weighted by atomic mass is 10.1. The van der Waals surface area contributed by atoms with E-state index in [2.05, 4.69) is 13.2 Å². The summed E-state index contributed by atoms with van der Waals surface area (Å²) in [6.07, 6.45) is 2.98. The molecule has 0 aliphatic heterocycles. The van der Waals surface area contributed by atoms with Crippen LogP contribution in [0.1, 0.15) is 17.3 Å². The molecular formula is C17H23NO3. The number of aliphatic hydroxyl groups is 1. The van der Waals surface area contributed by atoms with Crippen molar-refractivity contribution in [2.75, 3.05) is 26.2 Å². The average molecular weight is 289 g/mol. The summed E-state index contributed by atoms with van der Waals surface area (Å²) in [7, 11) is 0. The molecule has 0 saturated heterocycles. The van der Waals surface area contributed by atoms with Crippen molar-refractivity contribution in [3.63, 3.8) is 0 Å². The SMILES string of the molecule is C=CCN(CC=C)C[C@H](O)COc1ccc(C(C)=O)cc1. The molecule has 4 nitrogen and oxygen atoms in total. The predicted octanol–water partition coefficient (Wildman–Crippen LogP) is 2.30. The molecule has 1 rings (SSSR count). The van der Waals surface area contributed by atoms with E-state index < -0.39 is 6.10 Å². The standard InChI is InChI=1S/C17H23NO3/c1-4-10-18(11-5-2)12-16(20)13-21-17-8-6-15(7-9-17)14(3)19/h4-9,16,20H,1-2,10-13H2,3H3/t16-/m0/s1. The van der Waals surface area contributed by atoms with Crippen LogP contribution in [0.3, 0.4) is 0 Å². The van der Waals surface area contributed by atoms with Crippen LogP contribution in [0.5, 0.6) is 5.75 Å². The molecule has 4 heteroatoms. The molecule has 21 heavy (non-hydrogen) atoms. The number of benzene rings is 1. The van der Waals surface area contributed by atoms with E-state index >= 15 is 0 Å². The van der Waals surface area contributed by atoms with E-state index in [4.69, 9.17) is 4.74 Å². The fourth-order valence-electron chi connectivity index (χ4n) is 1.92. The van der Waals surface area contributed by atoms with Crippen LogP contribution in [0.25, 0.3) is 0 Å². The largest absolute Gasteiger partial charge is 0.491 e. The van der Waals surface area contributed by atoms with Gasteiger partial charge in [-0.2, -0.15) is 0 Å². The Hall–Kier alpha value is -1.91. The topological polar surface area (TPSA) is 49.8 Å². The third-order valence-electron chi connectivity index (χ3n) is 2.95. The number of hydrogen-bond donors (Lipinski definition) is 1. The third-order valence-corrected chi connectivity index (χ3v) is 2.95. The normalized spacial score (nSPS) is 12.0. The van der Waals surface area contributed by atoms with E-state index in [9.17, 15) is 9.90 Å². The van der Waals surface area contributed by atoms with Gasteiger partial charge in [-0.1, -0.05) is 12.2 Å². The minimum atomic E-state index is -0.600. The molecule has 0 amide bonds. The van der Waals surface area contributed by atoms with E-state index in [1.807, 2.05) is 4.90 Å². The van der Waals surface area contributed by atoms with Gasteiger partial charge in [-0.15, -0.1) is 13.2 Å². The summed E-state index contributed by atoms with van der Waals surface area (Å²) in [5.41, 5.74) is 0.644. The summed E-state index contributed by atoms with van der Waals surface area (Å²) in [6, 6.07) is 6.89. The predicted molar refractivity (Wildman–Crippen MR) is 84.8 cm³/mol. The summed E-state index contributed by atoms with van der Waals surface area (Å²) in [6.45, 7) is 11.0. The van der Waals surface area contributed by atoms with Gasteiger partial charge in [-0.05, 0) is 31.2 Å². The van der Waals surface area contributed by atoms with Crippen molar-refractivity contribution < 1.29 is 14.6 Å². The smallest absolute Gasteiger partial charge is 0.159 e. The molecule has 1 N–H and O–H groups in total. The van der Waals surface area contributed by atoms with Gasteiger partial charge in [-0.3, -0.25) is 9.69 Å². The Kier molecular flexibility index (Phi) is 7.43. The van der Waals surface area contributed by atoms with Gasteiger partial charge in [0.15, 0.2) is 5.78 Å². The van der Waals surface area contributed by atoms with E-state index in [0.29, 0.717) is 30.9 Å². The number of ether oxygens (including phenoxy) is 1. The maximum absolute atomic E-state index is 11.2. The molecule has 0 aliphatic rings. The van der Waals surface area contributed by atoms with Crippen molar-refractivity contribution in [2.45, 2.75) is 13.0 Å². The van der Waals surface area contributed by atoms with Crippen LogP contribution in [-0.2, 0) is 0 Å². The fraction of sp³-hybridized carbons (Fsp3) is 0.353. The zero-order chi connectivity index (χ0) is 15.7. The van der Waals surface area contributed by atoms with Gasteiger partial charge in [0.05, 0.1) is 0 Å². The van der Waals surface area contributed by atoms with Crippen LogP contribution in [0.15, 0.2) is 49.6 Å². The molecule has 0 radical (unpaired) electrons. The highest BCUT2D eigenvalue weighted by Gasteiger charge is 2.10. The molecule has 0 unspecified atom stereocenters. The minimum absolute atomic E-state index is 0.0195. The Morgan fingerprint density at radius 1 is 1.29 bits per heavy atom. The Morgan fingerprint density at radius 2 is 1.86 bits per heavy atom. The van der Waals surface area contributed by atoms with Crippen molar-refractivity contribution in [1.29, 1.82) is 0 Å². The molecule has 0 aliphatic carbocycles. The Bertz CT molecular complexity index is 457. The van der Waals surface area contributed by atoms with Crippen LogP contribution in [-0.4, -0.2) is 48.1 Å². The average Bonchev–Trinajstić information content (AvgIpc) is 2.46. The van der Waals surface area contributed by atoms with Gasteiger partial charge in [0.25, 0.3) is 0 Å². The molecular weight excluding hydrogens is 266 g/mol. The summed E-state index contributed by atoms with van der Waals surface area (Å²) < 4.78 is 5.52. The third kappa shape index (κ3) is 6.38. The number of carbonyl (C=O) groups is 1. The second-order valence-electron chi connectivity index (χ2n) is 4.84. The van der Waals surface area contributed by atoms with Gasteiger partial charge >= 0.3 is 0 Å². The van der Waals surface area contributed by atoms with E-state index in [0.717, 1.165) is 0 Å². The van der Waals surface area contributed by atoms with Crippen LogP contribution in [0.2, 0.25) is 0 Å². The van der Waals surface area contributed by atoms with Crippen molar-refractivity contribution in [2.24, 2.45) is 0 Å². The lowest BCUT2D eigenvalue weighted by Gasteiger charge is -2.22. The zero-order valence-electron chi connectivity index (χ0n) is 12.5. The lowest BCUT2D eigenvalue weighted by Crippen LogP contribution is -2.35. The maximum atomic E-state index is 11.2. The van der Waals surface area contributed by atoms with E-state index in [1.54, 1.807) is 36.4 Å². The quantitative estimate of drug-likeness (QED) is 0.530. The highest BCUT2D eigenvalue weighted by molar-refractivity contribution is 5.94. The van der Waals surface area contributed by atoms with Crippen molar-refractivity contribution >= 4 is 5.78 Å². The Morgan fingerprint density at radius 3 is 2.33 bits per heavy atom. The molecule has 1 aromatic rings. The summed E-state index contributed by atoms with van der Waals surface area (Å²) in [5.74, 6) is 0.657. The van der Waals surface area contributed by atoms with Crippen LogP contribution >= 0.6 is 0 Å². The number of Topliss-reactive ketones (excluding diaryl/α,β-unsaturated/α-hetero) is 1. The van der Waals surface area contributed by atoms with Crippen molar-refractivity contribution in [3.05, 3.63) is 55.1 Å². The van der Waals surface area contributed by atoms with E-state index in [-0.39, 0.29) is 12.4 Å². The number of nitrogens with zero attached hydrogens (tertiary/aromatic N) is 1. The number of carbonyl (C=O) groups excluding carboxylic acids is 1. The monoisotopic (exact) mass is 289 g/mol. The van der Waals surface area contributed by atoms with Crippen molar-refractivity contribution in [3.8, 4) is 5.75 Å². The first-order valence-electron chi connectivity index (χ1n) is 6.92. The van der Waals surface area contributed by atoms with Gasteiger partial charge in [0.2, 0.25) is 0 Å². The van der Waals surface area contributed by atoms with Crippen LogP contribution in [0.4, 0.5) is 0 Å². The molecule has 0 fully saturated rings. The lowest BCUT2D eigenvalue weighted by molar-refractivity contribution is 0.0754. The number of hydrogen-bond acceptors (Lipinski definition) is 4. The summed E-state index contributed by atoms with van der Waals surface area (Å²) in [4.78, 5) is 13.2. The molecule has 0 bridgehead atoms. The van der Waals surface area contributed by atoms with Gasteiger partial charge in [0.1, 0.15) is 18.5 Å². The van der Waals surface area contributed by atoms with Crippen molar-refractivity contribution in [1.82, 2.24) is 4.90 Å². The molecule has 0 aromatic heterocycles. The van der Waals surface area contributed by atoms with Gasteiger partial charge in [-0.25, -0.2) is 0 Å². The summed E-state index contributed by atoms with van der Waals surface area (Å²) in [5, 5.41) is 9.99. The van der Waals surface area contributed by atoms with Gasteiger partial charge < -0.3 is 9.84 Å².